The van der Waals surface area contributed by atoms with Crippen LogP contribution >= 0.6 is 0 Å². The molecule has 0 saturated carbocycles. The average Bonchev–Trinajstić information content (AvgIpc) is 2.18. The third kappa shape index (κ3) is 3.07. The van der Waals surface area contributed by atoms with E-state index in [1.165, 1.54) is 12.1 Å². The quantitative estimate of drug-likeness (QED) is 0.792. The molecule has 1 aromatic rings. The normalized spacial score (nSPS) is 13.2. The summed E-state index contributed by atoms with van der Waals surface area (Å²) < 4.78 is 24.4. The molecule has 0 aliphatic carbocycles. The Labute approximate surface area is 82.9 Å². The molecule has 1 atom stereocenters. The molecule has 0 spiro atoms. The van der Waals surface area contributed by atoms with Gasteiger partial charge in [0.05, 0.1) is 0 Å². The Morgan fingerprint density at radius 2 is 1.79 bits per heavy atom. The van der Waals surface area contributed by atoms with Gasteiger partial charge in [-0.3, -0.25) is 0 Å². The van der Waals surface area contributed by atoms with Crippen LogP contribution < -0.4 is 5.73 Å². The summed E-state index contributed by atoms with van der Waals surface area (Å²) in [5.74, 6) is 0.396. The summed E-state index contributed by atoms with van der Waals surface area (Å²) >= 11 is 0. The van der Waals surface area contributed by atoms with Crippen LogP contribution in [0.15, 0.2) is 24.3 Å². The van der Waals surface area contributed by atoms with E-state index in [-0.39, 0.29) is 5.56 Å². The van der Waals surface area contributed by atoms with Gasteiger partial charge in [-0.2, -0.15) is 0 Å². The molecule has 0 aromatic heterocycles. The number of nitrogens with two attached hydrogens (primary N) is 1. The van der Waals surface area contributed by atoms with Crippen molar-refractivity contribution in [3.8, 4) is 0 Å². The van der Waals surface area contributed by atoms with Crippen molar-refractivity contribution in [2.75, 3.05) is 6.54 Å². The Kier molecular flexibility index (Phi) is 4.01. The van der Waals surface area contributed by atoms with Gasteiger partial charge in [0.15, 0.2) is 0 Å². The van der Waals surface area contributed by atoms with Crippen LogP contribution in [0.4, 0.5) is 8.78 Å². The first-order chi connectivity index (χ1) is 6.63. The van der Waals surface area contributed by atoms with Crippen LogP contribution in [-0.2, 0) is 6.42 Å². The second-order valence-corrected chi connectivity index (χ2v) is 3.59. The predicted molar refractivity (Wildman–Crippen MR) is 53.3 cm³/mol. The number of rotatable bonds is 4. The van der Waals surface area contributed by atoms with Gasteiger partial charge >= 0.3 is 0 Å². The Bertz CT molecular complexity index is 269. The highest BCUT2D eigenvalue weighted by Gasteiger charge is 2.06. The van der Waals surface area contributed by atoms with E-state index in [0.29, 0.717) is 12.5 Å². The lowest BCUT2D eigenvalue weighted by molar-refractivity contribution is 0.151. The molecule has 0 amide bonds. The molecule has 78 valence electrons. The molecule has 14 heavy (non-hydrogen) atoms. The van der Waals surface area contributed by atoms with Crippen LogP contribution in [0, 0.1) is 5.92 Å². The highest BCUT2D eigenvalue weighted by Crippen LogP contribution is 2.19. The molecule has 0 bridgehead atoms. The second-order valence-electron chi connectivity index (χ2n) is 3.59. The van der Waals surface area contributed by atoms with E-state index in [2.05, 4.69) is 0 Å². The maximum Gasteiger partial charge on any atom is 0.263 e. The van der Waals surface area contributed by atoms with Crippen molar-refractivity contribution in [3.63, 3.8) is 0 Å². The van der Waals surface area contributed by atoms with Crippen LogP contribution in [0.5, 0.6) is 0 Å². The zero-order valence-electron chi connectivity index (χ0n) is 8.21. The van der Waals surface area contributed by atoms with E-state index in [1.807, 2.05) is 6.92 Å². The monoisotopic (exact) mass is 199 g/mol. The molecule has 0 aliphatic rings. The van der Waals surface area contributed by atoms with Gasteiger partial charge < -0.3 is 5.73 Å². The smallest absolute Gasteiger partial charge is 0.263 e. The molecule has 1 rings (SSSR count). The van der Waals surface area contributed by atoms with Gasteiger partial charge in [0.25, 0.3) is 6.43 Å². The molecule has 3 heteroatoms. The summed E-state index contributed by atoms with van der Waals surface area (Å²) in [6, 6.07) is 6.44. The minimum atomic E-state index is -2.38. The molecule has 0 radical (unpaired) electrons. The van der Waals surface area contributed by atoms with Gasteiger partial charge in [-0.05, 0) is 24.4 Å². The molecule has 0 fully saturated rings. The summed E-state index contributed by atoms with van der Waals surface area (Å²) in [6.45, 7) is 2.66. The summed E-state index contributed by atoms with van der Waals surface area (Å²) in [5.41, 5.74) is 6.62. The predicted octanol–water partition coefficient (Wildman–Crippen LogP) is 2.76. The molecule has 0 unspecified atom stereocenters. The highest BCUT2D eigenvalue weighted by molar-refractivity contribution is 5.23. The third-order valence-electron chi connectivity index (χ3n) is 2.22. The van der Waals surface area contributed by atoms with E-state index < -0.39 is 6.43 Å². The van der Waals surface area contributed by atoms with Gasteiger partial charge in [-0.25, -0.2) is 8.78 Å². The van der Waals surface area contributed by atoms with E-state index in [9.17, 15) is 8.78 Å². The number of hydrogen-bond acceptors (Lipinski definition) is 1. The minimum Gasteiger partial charge on any atom is -0.330 e. The fraction of sp³-hybridized carbons (Fsp3) is 0.455. The summed E-state index contributed by atoms with van der Waals surface area (Å²) in [4.78, 5) is 0. The van der Waals surface area contributed by atoms with Crippen molar-refractivity contribution in [3.05, 3.63) is 35.4 Å². The van der Waals surface area contributed by atoms with Gasteiger partial charge in [0.2, 0.25) is 0 Å². The van der Waals surface area contributed by atoms with E-state index in [0.717, 1.165) is 12.0 Å². The van der Waals surface area contributed by atoms with E-state index >= 15 is 0 Å². The number of halogens is 2. The lowest BCUT2D eigenvalue weighted by atomic mass is 10.0. The van der Waals surface area contributed by atoms with Crippen LogP contribution in [0.3, 0.4) is 0 Å². The number of benzene rings is 1. The van der Waals surface area contributed by atoms with Crippen LogP contribution in [0.2, 0.25) is 0 Å². The van der Waals surface area contributed by atoms with Crippen molar-refractivity contribution in [1.29, 1.82) is 0 Å². The third-order valence-corrected chi connectivity index (χ3v) is 2.22. The van der Waals surface area contributed by atoms with Gasteiger partial charge in [0.1, 0.15) is 0 Å². The SMILES string of the molecule is C[C@@H](CN)Cc1ccc(C(F)F)cc1. The van der Waals surface area contributed by atoms with E-state index in [1.54, 1.807) is 12.1 Å². The molecule has 1 nitrogen and oxygen atoms in total. The van der Waals surface area contributed by atoms with Crippen molar-refractivity contribution in [1.82, 2.24) is 0 Å². The lowest BCUT2D eigenvalue weighted by Crippen LogP contribution is -2.12. The number of hydrogen-bond donors (Lipinski definition) is 1. The molecular formula is C11H15F2N. The van der Waals surface area contributed by atoms with Gasteiger partial charge in [-0.15, -0.1) is 0 Å². The zero-order valence-corrected chi connectivity index (χ0v) is 8.21. The van der Waals surface area contributed by atoms with Crippen LogP contribution in [0.1, 0.15) is 24.5 Å². The van der Waals surface area contributed by atoms with Crippen LogP contribution in [0.25, 0.3) is 0 Å². The standard InChI is InChI=1S/C11H15F2N/c1-8(7-14)6-9-2-4-10(5-3-9)11(12)13/h2-5,8,11H,6-7,14H2,1H3/t8-/m1/s1. The molecule has 0 saturated heterocycles. The Balaban J connectivity index is 2.64. The van der Waals surface area contributed by atoms with Gasteiger partial charge in [0, 0.05) is 5.56 Å². The maximum absolute atomic E-state index is 12.2. The maximum atomic E-state index is 12.2. The van der Waals surface area contributed by atoms with Crippen molar-refractivity contribution >= 4 is 0 Å². The highest BCUT2D eigenvalue weighted by atomic mass is 19.3. The molecule has 1 aromatic carbocycles. The second kappa shape index (κ2) is 5.05. The topological polar surface area (TPSA) is 26.0 Å². The van der Waals surface area contributed by atoms with E-state index in [4.69, 9.17) is 5.73 Å². The molecule has 2 N–H and O–H groups in total. The fourth-order valence-corrected chi connectivity index (χ4v) is 1.28. The Morgan fingerprint density at radius 3 is 2.21 bits per heavy atom. The van der Waals surface area contributed by atoms with Crippen molar-refractivity contribution in [2.24, 2.45) is 11.7 Å². The fourth-order valence-electron chi connectivity index (χ4n) is 1.28. The first-order valence-electron chi connectivity index (χ1n) is 4.70. The largest absolute Gasteiger partial charge is 0.330 e. The molecular weight excluding hydrogens is 184 g/mol. The zero-order chi connectivity index (χ0) is 10.6. The molecule has 0 heterocycles. The first kappa shape index (κ1) is 11.1. The van der Waals surface area contributed by atoms with Crippen molar-refractivity contribution in [2.45, 2.75) is 19.8 Å². The summed E-state index contributed by atoms with van der Waals surface area (Å²) in [7, 11) is 0. The van der Waals surface area contributed by atoms with Crippen molar-refractivity contribution < 1.29 is 8.78 Å². The first-order valence-corrected chi connectivity index (χ1v) is 4.70. The number of alkyl halides is 2. The molecule has 0 aliphatic heterocycles. The minimum absolute atomic E-state index is 0.0779. The Morgan fingerprint density at radius 1 is 1.21 bits per heavy atom. The summed E-state index contributed by atoms with van der Waals surface area (Å²) in [6.07, 6.45) is -1.53. The van der Waals surface area contributed by atoms with Gasteiger partial charge in [-0.1, -0.05) is 31.2 Å². The lowest BCUT2D eigenvalue weighted by Gasteiger charge is -2.08. The Hall–Kier alpha value is -0.960. The average molecular weight is 199 g/mol. The van der Waals surface area contributed by atoms with Crippen LogP contribution in [-0.4, -0.2) is 6.54 Å². The summed E-state index contributed by atoms with van der Waals surface area (Å²) in [5, 5.41) is 0.